The predicted octanol–water partition coefficient (Wildman–Crippen LogP) is 4.53. The van der Waals surface area contributed by atoms with Crippen LogP contribution >= 0.6 is 0 Å². The van der Waals surface area contributed by atoms with Crippen LogP contribution in [0.3, 0.4) is 0 Å². The highest BCUT2D eigenvalue weighted by atomic mass is 19.1. The second-order valence-corrected chi connectivity index (χ2v) is 8.48. The van der Waals surface area contributed by atoms with Gasteiger partial charge in [-0.15, -0.1) is 0 Å². The van der Waals surface area contributed by atoms with Gasteiger partial charge in [-0.05, 0) is 37.0 Å². The van der Waals surface area contributed by atoms with Gasteiger partial charge in [0.15, 0.2) is 0 Å². The smallest absolute Gasteiger partial charge is 0.273 e. The summed E-state index contributed by atoms with van der Waals surface area (Å²) in [6.45, 7) is 1.94. The molecular formula is C25H30FN3O4. The fraction of sp³-hybridized carbons (Fsp3) is 0.440. The van der Waals surface area contributed by atoms with Gasteiger partial charge in [-0.1, -0.05) is 56.5 Å². The molecule has 0 aromatic heterocycles. The van der Waals surface area contributed by atoms with E-state index in [4.69, 9.17) is 0 Å². The quantitative estimate of drug-likeness (QED) is 0.444. The number of nitrogens with zero attached hydrogens (tertiary/aromatic N) is 2. The third-order valence-corrected chi connectivity index (χ3v) is 6.13. The molecular weight excluding hydrogens is 425 g/mol. The second kappa shape index (κ2) is 11.5. The summed E-state index contributed by atoms with van der Waals surface area (Å²) in [6, 6.07) is 11.2. The molecule has 7 nitrogen and oxygen atoms in total. The summed E-state index contributed by atoms with van der Waals surface area (Å²) in [5.41, 5.74) is 0.836. The van der Waals surface area contributed by atoms with Crippen molar-refractivity contribution in [2.24, 2.45) is 0 Å². The van der Waals surface area contributed by atoms with E-state index in [1.54, 1.807) is 30.3 Å². The number of carbonyl (C=O) groups excluding carboxylic acids is 2. The number of hydrogen-bond acceptors (Lipinski definition) is 4. The van der Waals surface area contributed by atoms with E-state index < -0.39 is 16.8 Å². The van der Waals surface area contributed by atoms with Gasteiger partial charge in [-0.25, -0.2) is 4.39 Å². The molecule has 1 saturated carbocycles. The SMILES string of the molecule is CCC(C(=O)NC1CCCCC1)N(Cc1ccc(F)cc1)C(=O)Cc1ccccc1[N+](=O)[O-]. The third-order valence-electron chi connectivity index (χ3n) is 6.13. The summed E-state index contributed by atoms with van der Waals surface area (Å²) in [7, 11) is 0. The van der Waals surface area contributed by atoms with Crippen LogP contribution in [0.4, 0.5) is 10.1 Å². The van der Waals surface area contributed by atoms with E-state index in [1.165, 1.54) is 23.1 Å². The summed E-state index contributed by atoms with van der Waals surface area (Å²) < 4.78 is 13.4. The van der Waals surface area contributed by atoms with E-state index in [2.05, 4.69) is 5.32 Å². The molecule has 3 rings (SSSR count). The normalized spacial score (nSPS) is 15.0. The maximum atomic E-state index is 13.4. The highest BCUT2D eigenvalue weighted by molar-refractivity contribution is 5.89. The summed E-state index contributed by atoms with van der Waals surface area (Å²) in [5, 5.41) is 14.5. The summed E-state index contributed by atoms with van der Waals surface area (Å²) in [5.74, 6) is -1.000. The Morgan fingerprint density at radius 2 is 1.79 bits per heavy atom. The van der Waals surface area contributed by atoms with Crippen LogP contribution in [0.15, 0.2) is 48.5 Å². The Morgan fingerprint density at radius 1 is 1.12 bits per heavy atom. The molecule has 176 valence electrons. The maximum absolute atomic E-state index is 13.4. The minimum Gasteiger partial charge on any atom is -0.352 e. The number of rotatable bonds is 9. The van der Waals surface area contributed by atoms with Crippen LogP contribution in [0, 0.1) is 15.9 Å². The first-order valence-electron chi connectivity index (χ1n) is 11.5. The average molecular weight is 456 g/mol. The first-order valence-corrected chi connectivity index (χ1v) is 11.5. The van der Waals surface area contributed by atoms with Crippen molar-refractivity contribution in [1.29, 1.82) is 0 Å². The molecule has 1 aliphatic carbocycles. The van der Waals surface area contributed by atoms with Crippen molar-refractivity contribution < 1.29 is 18.9 Å². The predicted molar refractivity (Wildman–Crippen MR) is 123 cm³/mol. The molecule has 0 bridgehead atoms. The Balaban J connectivity index is 1.85. The number of nitro groups is 1. The number of carbonyl (C=O) groups is 2. The minimum absolute atomic E-state index is 0.0956. The molecule has 1 atom stereocenters. The van der Waals surface area contributed by atoms with E-state index in [1.807, 2.05) is 6.92 Å². The lowest BCUT2D eigenvalue weighted by Crippen LogP contribution is -2.52. The van der Waals surface area contributed by atoms with Crippen molar-refractivity contribution in [3.8, 4) is 0 Å². The van der Waals surface area contributed by atoms with Crippen LogP contribution < -0.4 is 5.32 Å². The van der Waals surface area contributed by atoms with Crippen molar-refractivity contribution in [1.82, 2.24) is 10.2 Å². The van der Waals surface area contributed by atoms with Crippen molar-refractivity contribution in [3.05, 3.63) is 75.6 Å². The van der Waals surface area contributed by atoms with Crippen LogP contribution in [0.2, 0.25) is 0 Å². The van der Waals surface area contributed by atoms with Crippen LogP contribution in [0.5, 0.6) is 0 Å². The minimum atomic E-state index is -0.729. The van der Waals surface area contributed by atoms with Crippen molar-refractivity contribution in [2.75, 3.05) is 0 Å². The molecule has 0 radical (unpaired) electrons. The van der Waals surface area contributed by atoms with E-state index in [0.29, 0.717) is 17.5 Å². The zero-order valence-electron chi connectivity index (χ0n) is 18.8. The summed E-state index contributed by atoms with van der Waals surface area (Å²) in [6.07, 6.45) is 5.33. The highest BCUT2D eigenvalue weighted by Gasteiger charge is 2.31. The molecule has 8 heteroatoms. The summed E-state index contributed by atoms with van der Waals surface area (Å²) in [4.78, 5) is 38.9. The molecule has 0 spiro atoms. The lowest BCUT2D eigenvalue weighted by Gasteiger charge is -2.33. The van der Waals surface area contributed by atoms with Gasteiger partial charge < -0.3 is 10.2 Å². The molecule has 1 fully saturated rings. The molecule has 0 aliphatic heterocycles. The van der Waals surface area contributed by atoms with Gasteiger partial charge in [-0.2, -0.15) is 0 Å². The van der Waals surface area contributed by atoms with Gasteiger partial charge in [0, 0.05) is 24.2 Å². The zero-order valence-corrected chi connectivity index (χ0v) is 18.8. The lowest BCUT2D eigenvalue weighted by molar-refractivity contribution is -0.385. The van der Waals surface area contributed by atoms with Crippen molar-refractivity contribution in [3.63, 3.8) is 0 Å². The van der Waals surface area contributed by atoms with Gasteiger partial charge in [-0.3, -0.25) is 19.7 Å². The Labute approximate surface area is 193 Å². The topological polar surface area (TPSA) is 92.6 Å². The molecule has 0 heterocycles. The Hall–Kier alpha value is -3.29. The molecule has 2 aromatic rings. The van der Waals surface area contributed by atoms with Gasteiger partial charge >= 0.3 is 0 Å². The highest BCUT2D eigenvalue weighted by Crippen LogP contribution is 2.22. The van der Waals surface area contributed by atoms with Crippen LogP contribution in [0.25, 0.3) is 0 Å². The largest absolute Gasteiger partial charge is 0.352 e. The van der Waals surface area contributed by atoms with E-state index >= 15 is 0 Å². The number of halogens is 1. The number of benzene rings is 2. The van der Waals surface area contributed by atoms with Crippen LogP contribution in [-0.2, 0) is 22.6 Å². The number of para-hydroxylation sites is 1. The van der Waals surface area contributed by atoms with E-state index in [0.717, 1.165) is 32.1 Å². The van der Waals surface area contributed by atoms with Crippen molar-refractivity contribution >= 4 is 17.5 Å². The lowest BCUT2D eigenvalue weighted by atomic mass is 9.95. The first-order chi connectivity index (χ1) is 15.9. The fourth-order valence-corrected chi connectivity index (χ4v) is 4.35. The van der Waals surface area contributed by atoms with Gasteiger partial charge in [0.05, 0.1) is 11.3 Å². The first kappa shape index (κ1) is 24.4. The third kappa shape index (κ3) is 6.60. The molecule has 2 aromatic carbocycles. The van der Waals surface area contributed by atoms with E-state index in [9.17, 15) is 24.1 Å². The van der Waals surface area contributed by atoms with Crippen LogP contribution in [-0.4, -0.2) is 33.7 Å². The molecule has 1 aliphatic rings. The molecule has 0 saturated heterocycles. The molecule has 1 N–H and O–H groups in total. The molecule has 1 unspecified atom stereocenters. The van der Waals surface area contributed by atoms with Crippen LogP contribution in [0.1, 0.15) is 56.6 Å². The molecule has 33 heavy (non-hydrogen) atoms. The Bertz CT molecular complexity index is 974. The van der Waals surface area contributed by atoms with Gasteiger partial charge in [0.25, 0.3) is 5.69 Å². The second-order valence-electron chi connectivity index (χ2n) is 8.48. The monoisotopic (exact) mass is 455 g/mol. The standard InChI is InChI=1S/C25H30FN3O4/c1-2-22(25(31)27-21-9-4-3-5-10-21)28(17-18-12-14-20(26)15-13-18)24(30)16-19-8-6-7-11-23(19)29(32)33/h6-8,11-15,21-22H,2-5,9-10,16-17H2,1H3,(H,27,31). The number of amides is 2. The Kier molecular flexibility index (Phi) is 8.52. The van der Waals surface area contributed by atoms with Gasteiger partial charge in [0.2, 0.25) is 11.8 Å². The number of nitro benzene ring substituents is 1. The fourth-order valence-electron chi connectivity index (χ4n) is 4.35. The van der Waals surface area contributed by atoms with Gasteiger partial charge in [0.1, 0.15) is 11.9 Å². The zero-order chi connectivity index (χ0) is 23.8. The molecule has 2 amide bonds. The summed E-state index contributed by atoms with van der Waals surface area (Å²) >= 11 is 0. The maximum Gasteiger partial charge on any atom is 0.273 e. The number of hydrogen-bond donors (Lipinski definition) is 1. The number of nitrogens with one attached hydrogen (secondary N) is 1. The van der Waals surface area contributed by atoms with Crippen molar-refractivity contribution in [2.45, 2.75) is 70.5 Å². The van der Waals surface area contributed by atoms with E-state index in [-0.39, 0.29) is 36.5 Å². The Morgan fingerprint density at radius 3 is 2.42 bits per heavy atom. The average Bonchev–Trinajstić information content (AvgIpc) is 2.81.